The van der Waals surface area contributed by atoms with Crippen LogP contribution < -0.4 is 21.3 Å². The first-order chi connectivity index (χ1) is 15.8. The van der Waals surface area contributed by atoms with E-state index in [0.717, 1.165) is 0 Å². The van der Waals surface area contributed by atoms with Gasteiger partial charge < -0.3 is 36.2 Å². The number of anilines is 3. The van der Waals surface area contributed by atoms with Crippen LogP contribution in [0.4, 0.5) is 17.6 Å². The lowest BCUT2D eigenvalue weighted by molar-refractivity contribution is -0.140. The number of hydrogen-bond acceptors (Lipinski definition) is 10. The van der Waals surface area contributed by atoms with Gasteiger partial charge in [0.15, 0.2) is 5.82 Å². The van der Waals surface area contributed by atoms with Crippen LogP contribution >= 0.6 is 0 Å². The van der Waals surface area contributed by atoms with E-state index in [2.05, 4.69) is 25.6 Å². The Labute approximate surface area is 189 Å². The quantitative estimate of drug-likeness (QED) is 0.318. The van der Waals surface area contributed by atoms with E-state index in [0.29, 0.717) is 43.8 Å². The first kappa shape index (κ1) is 23.7. The first-order valence-corrected chi connectivity index (χ1v) is 10.2. The predicted molar refractivity (Wildman–Crippen MR) is 117 cm³/mol. The summed E-state index contributed by atoms with van der Waals surface area (Å²) in [6.07, 6.45) is -0.577. The number of rotatable bonds is 10. The van der Waals surface area contributed by atoms with E-state index in [-0.39, 0.29) is 30.9 Å². The molecule has 2 aromatic rings. The minimum atomic E-state index is -1.30. The number of ether oxygens (including phenoxy) is 1. The number of carboxylic acids is 2. The smallest absolute Gasteiger partial charge is 0.326 e. The highest BCUT2D eigenvalue weighted by atomic mass is 16.5. The summed E-state index contributed by atoms with van der Waals surface area (Å²) in [6, 6.07) is 5.05. The third kappa shape index (κ3) is 7.00. The molecule has 1 fully saturated rings. The maximum Gasteiger partial charge on any atom is 0.326 e. The second kappa shape index (κ2) is 11.0. The highest BCUT2D eigenvalue weighted by molar-refractivity contribution is 5.96. The van der Waals surface area contributed by atoms with E-state index in [1.807, 2.05) is 4.90 Å². The largest absolute Gasteiger partial charge is 0.481 e. The molecule has 0 saturated carbocycles. The van der Waals surface area contributed by atoms with Gasteiger partial charge in [0.1, 0.15) is 6.04 Å². The van der Waals surface area contributed by atoms with Crippen LogP contribution in [0.15, 0.2) is 24.3 Å². The third-order valence-corrected chi connectivity index (χ3v) is 4.83. The Kier molecular flexibility index (Phi) is 7.91. The van der Waals surface area contributed by atoms with Crippen molar-refractivity contribution < 1.29 is 29.3 Å². The van der Waals surface area contributed by atoms with Gasteiger partial charge in [0.2, 0.25) is 11.9 Å². The summed E-state index contributed by atoms with van der Waals surface area (Å²) < 4.78 is 5.33. The van der Waals surface area contributed by atoms with Crippen molar-refractivity contribution in [3.63, 3.8) is 0 Å². The molecule has 13 nitrogen and oxygen atoms in total. The molecule has 1 aliphatic rings. The van der Waals surface area contributed by atoms with Crippen molar-refractivity contribution in [1.29, 1.82) is 0 Å². The van der Waals surface area contributed by atoms with E-state index in [9.17, 15) is 19.5 Å². The van der Waals surface area contributed by atoms with Crippen molar-refractivity contribution >= 4 is 35.4 Å². The Hall–Kier alpha value is -4.00. The molecule has 3 rings (SSSR count). The van der Waals surface area contributed by atoms with Crippen molar-refractivity contribution in [2.75, 3.05) is 42.3 Å². The van der Waals surface area contributed by atoms with E-state index in [1.165, 1.54) is 12.1 Å². The Morgan fingerprint density at radius 1 is 1.09 bits per heavy atom. The van der Waals surface area contributed by atoms with Gasteiger partial charge in [-0.2, -0.15) is 15.0 Å². The number of amides is 1. The molecule has 1 saturated heterocycles. The molecule has 6 N–H and O–H groups in total. The number of hydrogen-bond donors (Lipinski definition) is 5. The van der Waals surface area contributed by atoms with Gasteiger partial charge in [-0.15, -0.1) is 0 Å². The zero-order valence-corrected chi connectivity index (χ0v) is 17.7. The fraction of sp³-hybridized carbons (Fsp3) is 0.400. The summed E-state index contributed by atoms with van der Waals surface area (Å²) in [5.41, 5.74) is 6.74. The Bertz CT molecular complexity index is 995. The summed E-state index contributed by atoms with van der Waals surface area (Å²) in [7, 11) is 0. The molecule has 1 amide bonds. The summed E-state index contributed by atoms with van der Waals surface area (Å²) in [5.74, 6) is -1.98. The van der Waals surface area contributed by atoms with E-state index >= 15 is 0 Å². The van der Waals surface area contributed by atoms with Gasteiger partial charge in [-0.25, -0.2) is 4.79 Å². The van der Waals surface area contributed by atoms with Crippen LogP contribution in [-0.2, 0) is 20.9 Å². The van der Waals surface area contributed by atoms with Crippen molar-refractivity contribution in [2.45, 2.75) is 25.4 Å². The number of carbonyl (C=O) groups excluding carboxylic acids is 1. The van der Waals surface area contributed by atoms with Crippen LogP contribution in [0, 0.1) is 0 Å². The van der Waals surface area contributed by atoms with Gasteiger partial charge in [0, 0.05) is 30.8 Å². The lowest BCUT2D eigenvalue weighted by Crippen LogP contribution is -2.41. The maximum absolute atomic E-state index is 12.3. The molecule has 1 atom stereocenters. The second-order valence-corrected chi connectivity index (χ2v) is 7.24. The van der Waals surface area contributed by atoms with Crippen molar-refractivity contribution in [2.24, 2.45) is 0 Å². The first-order valence-electron chi connectivity index (χ1n) is 10.2. The number of nitrogen functional groups attached to an aromatic ring is 1. The second-order valence-electron chi connectivity index (χ2n) is 7.24. The SMILES string of the molecule is Nc1nc(CNc2ccc(C(=O)N[C@@H](CCC(=O)O)C(=O)O)cc2)nc(N2CCOCC2)n1. The van der Waals surface area contributed by atoms with E-state index in [4.69, 9.17) is 15.6 Å². The van der Waals surface area contributed by atoms with E-state index in [1.54, 1.807) is 12.1 Å². The van der Waals surface area contributed by atoms with Gasteiger partial charge in [-0.05, 0) is 30.7 Å². The topological polar surface area (TPSA) is 193 Å². The lowest BCUT2D eigenvalue weighted by Gasteiger charge is -2.26. The molecule has 176 valence electrons. The Balaban J connectivity index is 1.58. The molecular weight excluding hydrogens is 434 g/mol. The Morgan fingerprint density at radius 3 is 2.42 bits per heavy atom. The summed E-state index contributed by atoms with van der Waals surface area (Å²) in [4.78, 5) is 49.0. The van der Waals surface area contributed by atoms with Gasteiger partial charge in [-0.3, -0.25) is 9.59 Å². The van der Waals surface area contributed by atoms with Crippen LogP contribution in [0.25, 0.3) is 0 Å². The van der Waals surface area contributed by atoms with Crippen LogP contribution in [0.2, 0.25) is 0 Å². The van der Waals surface area contributed by atoms with Crippen molar-refractivity contribution in [3.05, 3.63) is 35.7 Å². The fourth-order valence-electron chi connectivity index (χ4n) is 3.10. The molecule has 2 heterocycles. The lowest BCUT2D eigenvalue weighted by atomic mass is 10.1. The molecule has 0 spiro atoms. The number of carboxylic acid groups (broad SMARTS) is 2. The number of aliphatic carboxylic acids is 2. The minimum Gasteiger partial charge on any atom is -0.481 e. The molecule has 0 radical (unpaired) electrons. The molecule has 1 aromatic heterocycles. The molecule has 13 heteroatoms. The monoisotopic (exact) mass is 459 g/mol. The maximum atomic E-state index is 12.3. The van der Waals surface area contributed by atoms with Crippen molar-refractivity contribution in [3.8, 4) is 0 Å². The minimum absolute atomic E-state index is 0.117. The highest BCUT2D eigenvalue weighted by Gasteiger charge is 2.21. The number of benzene rings is 1. The summed E-state index contributed by atoms with van der Waals surface area (Å²) in [5, 5.41) is 23.4. The van der Waals surface area contributed by atoms with Crippen LogP contribution in [-0.4, -0.2) is 75.4 Å². The van der Waals surface area contributed by atoms with Crippen LogP contribution in [0.1, 0.15) is 29.0 Å². The zero-order valence-electron chi connectivity index (χ0n) is 17.7. The normalized spacial score (nSPS) is 14.4. The third-order valence-electron chi connectivity index (χ3n) is 4.83. The number of carbonyl (C=O) groups is 3. The van der Waals surface area contributed by atoms with Gasteiger partial charge in [-0.1, -0.05) is 0 Å². The predicted octanol–water partition coefficient (Wildman–Crippen LogP) is -0.0497. The highest BCUT2D eigenvalue weighted by Crippen LogP contribution is 2.14. The molecule has 33 heavy (non-hydrogen) atoms. The summed E-state index contributed by atoms with van der Waals surface area (Å²) >= 11 is 0. The van der Waals surface area contributed by atoms with Crippen LogP contribution in [0.5, 0.6) is 0 Å². The summed E-state index contributed by atoms with van der Waals surface area (Å²) in [6.45, 7) is 2.78. The average Bonchev–Trinajstić information content (AvgIpc) is 2.80. The molecule has 1 aliphatic heterocycles. The number of aromatic nitrogens is 3. The molecule has 0 unspecified atom stereocenters. The molecule has 1 aromatic carbocycles. The Morgan fingerprint density at radius 2 is 1.79 bits per heavy atom. The molecule has 0 aliphatic carbocycles. The standard InChI is InChI=1S/C20H25N7O6/c21-19-24-15(25-20(26-19)27-7-9-33-10-8-27)11-22-13-3-1-12(2-4-13)17(30)23-14(18(31)32)5-6-16(28)29/h1-4,14,22H,5-11H2,(H,23,30)(H,28,29)(H,31,32)(H2,21,24,25,26)/t14-/m0/s1. The van der Waals surface area contributed by atoms with Crippen LogP contribution in [0.3, 0.4) is 0 Å². The number of nitrogens with one attached hydrogen (secondary N) is 2. The fourth-order valence-corrected chi connectivity index (χ4v) is 3.10. The number of nitrogens with zero attached hydrogens (tertiary/aromatic N) is 4. The van der Waals surface area contributed by atoms with Gasteiger partial charge in [0.25, 0.3) is 5.91 Å². The molecule has 0 bridgehead atoms. The van der Waals surface area contributed by atoms with Crippen molar-refractivity contribution in [1.82, 2.24) is 20.3 Å². The van der Waals surface area contributed by atoms with Gasteiger partial charge in [0.05, 0.1) is 19.8 Å². The molecular formula is C20H25N7O6. The average molecular weight is 459 g/mol. The number of nitrogens with two attached hydrogens (primary N) is 1. The van der Waals surface area contributed by atoms with Gasteiger partial charge >= 0.3 is 11.9 Å². The zero-order chi connectivity index (χ0) is 23.8. The van der Waals surface area contributed by atoms with E-state index < -0.39 is 23.9 Å². The number of morpholine rings is 1.